The van der Waals surface area contributed by atoms with Gasteiger partial charge in [0.25, 0.3) is 0 Å². The number of nitrogens with zero attached hydrogens (tertiary/aromatic N) is 3. The number of rotatable bonds is 1. The van der Waals surface area contributed by atoms with Crippen molar-refractivity contribution in [1.82, 2.24) is 9.97 Å². The molecular weight excluding hydrogens is 196 g/mol. The van der Waals surface area contributed by atoms with Gasteiger partial charge in [0.15, 0.2) is 0 Å². The molecule has 5 heteroatoms. The minimum absolute atomic E-state index is 0.542. The molecule has 2 N–H and O–H groups in total. The van der Waals surface area contributed by atoms with Gasteiger partial charge in [0.05, 0.1) is 0 Å². The first-order valence-corrected chi connectivity index (χ1v) is 5.75. The van der Waals surface area contributed by atoms with Crippen LogP contribution in [0.4, 0.5) is 11.8 Å². The molecule has 1 unspecified atom stereocenters. The van der Waals surface area contributed by atoms with E-state index < -0.39 is 0 Å². The summed E-state index contributed by atoms with van der Waals surface area (Å²) < 4.78 is 0. The van der Waals surface area contributed by atoms with Crippen LogP contribution < -0.4 is 10.6 Å². The van der Waals surface area contributed by atoms with Crippen LogP contribution in [-0.4, -0.2) is 34.1 Å². The topological polar surface area (TPSA) is 55.0 Å². The van der Waals surface area contributed by atoms with Gasteiger partial charge in [-0.25, -0.2) is 4.98 Å². The zero-order valence-electron chi connectivity index (χ0n) is 8.18. The standard InChI is InChI=1S/C9H14N4S/c1-7-6-13(4-5-14-7)9-11-3-2-8(10)12-9/h2-3,7H,4-6H2,1H3,(H2,10,11,12). The monoisotopic (exact) mass is 210 g/mol. The van der Waals surface area contributed by atoms with Crippen LogP contribution in [0.3, 0.4) is 0 Å². The molecule has 14 heavy (non-hydrogen) atoms. The van der Waals surface area contributed by atoms with Crippen molar-refractivity contribution in [2.24, 2.45) is 0 Å². The van der Waals surface area contributed by atoms with E-state index in [0.717, 1.165) is 24.8 Å². The van der Waals surface area contributed by atoms with Gasteiger partial charge in [-0.2, -0.15) is 16.7 Å². The van der Waals surface area contributed by atoms with Crippen molar-refractivity contribution in [3.63, 3.8) is 0 Å². The molecule has 1 aliphatic heterocycles. The van der Waals surface area contributed by atoms with Crippen LogP contribution in [0.15, 0.2) is 12.3 Å². The molecule has 1 aromatic heterocycles. The Morgan fingerprint density at radius 1 is 1.64 bits per heavy atom. The van der Waals surface area contributed by atoms with Crippen LogP contribution >= 0.6 is 11.8 Å². The fourth-order valence-electron chi connectivity index (χ4n) is 1.51. The van der Waals surface area contributed by atoms with Gasteiger partial charge >= 0.3 is 0 Å². The molecule has 2 heterocycles. The first-order chi connectivity index (χ1) is 6.75. The van der Waals surface area contributed by atoms with Gasteiger partial charge in [-0.15, -0.1) is 0 Å². The number of nitrogen functional groups attached to an aromatic ring is 1. The smallest absolute Gasteiger partial charge is 0.227 e. The Kier molecular flexibility index (Phi) is 2.77. The number of hydrogen-bond donors (Lipinski definition) is 1. The van der Waals surface area contributed by atoms with Gasteiger partial charge in [-0.05, 0) is 6.07 Å². The average molecular weight is 210 g/mol. The molecule has 1 fully saturated rings. The molecule has 0 amide bonds. The maximum atomic E-state index is 5.62. The van der Waals surface area contributed by atoms with E-state index in [2.05, 4.69) is 21.8 Å². The van der Waals surface area contributed by atoms with E-state index in [4.69, 9.17) is 5.73 Å². The largest absolute Gasteiger partial charge is 0.384 e. The fourth-order valence-corrected chi connectivity index (χ4v) is 2.53. The minimum Gasteiger partial charge on any atom is -0.384 e. The molecule has 0 aliphatic carbocycles. The SMILES string of the molecule is CC1CN(c2nccc(N)n2)CCS1. The lowest BCUT2D eigenvalue weighted by atomic mass is 10.4. The highest BCUT2D eigenvalue weighted by molar-refractivity contribution is 8.00. The van der Waals surface area contributed by atoms with Crippen molar-refractivity contribution in [3.05, 3.63) is 12.3 Å². The second-order valence-electron chi connectivity index (χ2n) is 3.41. The Labute approximate surface area is 87.9 Å². The Morgan fingerprint density at radius 3 is 3.21 bits per heavy atom. The van der Waals surface area contributed by atoms with Crippen molar-refractivity contribution in [2.45, 2.75) is 12.2 Å². The summed E-state index contributed by atoms with van der Waals surface area (Å²) >= 11 is 1.99. The predicted molar refractivity (Wildman–Crippen MR) is 60.6 cm³/mol. The van der Waals surface area contributed by atoms with Crippen molar-refractivity contribution >= 4 is 23.5 Å². The number of thioether (sulfide) groups is 1. The molecule has 1 saturated heterocycles. The summed E-state index contributed by atoms with van der Waals surface area (Å²) in [6, 6.07) is 1.71. The first-order valence-electron chi connectivity index (χ1n) is 4.71. The lowest BCUT2D eigenvalue weighted by Gasteiger charge is -2.30. The molecule has 0 spiro atoms. The third-order valence-corrected chi connectivity index (χ3v) is 3.32. The zero-order valence-corrected chi connectivity index (χ0v) is 9.00. The van der Waals surface area contributed by atoms with Crippen molar-refractivity contribution in [1.29, 1.82) is 0 Å². The summed E-state index contributed by atoms with van der Waals surface area (Å²) in [4.78, 5) is 10.6. The maximum absolute atomic E-state index is 5.62. The fraction of sp³-hybridized carbons (Fsp3) is 0.556. The Balaban J connectivity index is 2.14. The van der Waals surface area contributed by atoms with Gasteiger partial charge in [-0.1, -0.05) is 6.92 Å². The molecule has 1 aromatic rings. The van der Waals surface area contributed by atoms with E-state index in [-0.39, 0.29) is 0 Å². The normalized spacial score (nSPS) is 22.4. The molecular formula is C9H14N4S. The molecule has 0 bridgehead atoms. The minimum atomic E-state index is 0.542. The summed E-state index contributed by atoms with van der Waals surface area (Å²) in [5.41, 5.74) is 5.62. The third-order valence-electron chi connectivity index (χ3n) is 2.19. The van der Waals surface area contributed by atoms with Gasteiger partial charge in [0.2, 0.25) is 5.95 Å². The van der Waals surface area contributed by atoms with Gasteiger partial charge in [0, 0.05) is 30.3 Å². The number of nitrogens with two attached hydrogens (primary N) is 1. The predicted octanol–water partition coefficient (Wildman–Crippen LogP) is 1.00. The first kappa shape index (κ1) is 9.58. The van der Waals surface area contributed by atoms with Crippen LogP contribution in [0.2, 0.25) is 0 Å². The average Bonchev–Trinajstić information content (AvgIpc) is 2.18. The Morgan fingerprint density at radius 2 is 2.50 bits per heavy atom. The van der Waals surface area contributed by atoms with E-state index in [1.807, 2.05) is 11.8 Å². The molecule has 0 saturated carbocycles. The second kappa shape index (κ2) is 4.04. The lowest BCUT2D eigenvalue weighted by molar-refractivity contribution is 0.755. The van der Waals surface area contributed by atoms with Gasteiger partial charge in [-0.3, -0.25) is 0 Å². The van der Waals surface area contributed by atoms with Crippen LogP contribution in [0.5, 0.6) is 0 Å². The van der Waals surface area contributed by atoms with Crippen molar-refractivity contribution < 1.29 is 0 Å². The van der Waals surface area contributed by atoms with Crippen LogP contribution in [0.25, 0.3) is 0 Å². The number of hydrogen-bond acceptors (Lipinski definition) is 5. The summed E-state index contributed by atoms with van der Waals surface area (Å²) in [6.45, 7) is 4.25. The van der Waals surface area contributed by atoms with E-state index in [1.54, 1.807) is 12.3 Å². The van der Waals surface area contributed by atoms with Crippen LogP contribution in [0.1, 0.15) is 6.92 Å². The summed E-state index contributed by atoms with van der Waals surface area (Å²) in [5.74, 6) is 2.44. The van der Waals surface area contributed by atoms with E-state index >= 15 is 0 Å². The molecule has 0 radical (unpaired) electrons. The van der Waals surface area contributed by atoms with Crippen molar-refractivity contribution in [2.75, 3.05) is 29.5 Å². The second-order valence-corrected chi connectivity index (χ2v) is 4.96. The van der Waals surface area contributed by atoms with E-state index in [0.29, 0.717) is 11.1 Å². The quantitative estimate of drug-likeness (QED) is 0.749. The van der Waals surface area contributed by atoms with Gasteiger partial charge in [0.1, 0.15) is 5.82 Å². The number of aromatic nitrogens is 2. The third kappa shape index (κ3) is 2.09. The summed E-state index contributed by atoms with van der Waals surface area (Å²) in [6.07, 6.45) is 1.71. The van der Waals surface area contributed by atoms with Crippen LogP contribution in [-0.2, 0) is 0 Å². The van der Waals surface area contributed by atoms with Crippen molar-refractivity contribution in [3.8, 4) is 0 Å². The van der Waals surface area contributed by atoms with Crippen LogP contribution in [0, 0.1) is 0 Å². The number of anilines is 2. The molecule has 1 atom stereocenters. The van der Waals surface area contributed by atoms with E-state index in [1.165, 1.54) is 0 Å². The Bertz CT molecular complexity index is 317. The molecule has 0 aromatic carbocycles. The molecule has 76 valence electrons. The summed E-state index contributed by atoms with van der Waals surface area (Å²) in [5, 5.41) is 0.647. The van der Waals surface area contributed by atoms with Gasteiger partial charge < -0.3 is 10.6 Å². The Hall–Kier alpha value is -0.970. The maximum Gasteiger partial charge on any atom is 0.227 e. The zero-order chi connectivity index (χ0) is 9.97. The highest BCUT2D eigenvalue weighted by atomic mass is 32.2. The van der Waals surface area contributed by atoms with E-state index in [9.17, 15) is 0 Å². The summed E-state index contributed by atoms with van der Waals surface area (Å²) in [7, 11) is 0. The highest BCUT2D eigenvalue weighted by Crippen LogP contribution is 2.21. The molecule has 2 rings (SSSR count). The molecule has 1 aliphatic rings. The lowest BCUT2D eigenvalue weighted by Crippen LogP contribution is -2.37. The molecule has 4 nitrogen and oxygen atoms in total. The highest BCUT2D eigenvalue weighted by Gasteiger charge is 2.18.